The lowest BCUT2D eigenvalue weighted by Gasteiger charge is -2.11. The van der Waals surface area contributed by atoms with Gasteiger partial charge in [0, 0.05) is 17.6 Å². The Morgan fingerprint density at radius 1 is 1.06 bits per heavy atom. The van der Waals surface area contributed by atoms with Crippen molar-refractivity contribution in [3.05, 3.63) is 22.3 Å². The number of carboxylic acid groups (broad SMARTS) is 2. The molecule has 1 rings (SSSR count). The van der Waals surface area contributed by atoms with Crippen LogP contribution in [0.25, 0.3) is 0 Å². The minimum Gasteiger partial charge on any atom is -0.478 e. The number of allylic oxidation sites excluding steroid dienone is 1. The van der Waals surface area contributed by atoms with E-state index in [9.17, 15) is 9.59 Å². The van der Waals surface area contributed by atoms with E-state index in [-0.39, 0.29) is 17.3 Å². The van der Waals surface area contributed by atoms with Gasteiger partial charge in [0.2, 0.25) is 0 Å². The van der Waals surface area contributed by atoms with Gasteiger partial charge in [-0.15, -0.1) is 0 Å². The second-order valence-corrected chi connectivity index (χ2v) is 4.12. The van der Waals surface area contributed by atoms with Gasteiger partial charge in [-0.05, 0) is 31.9 Å². The van der Waals surface area contributed by atoms with Crippen molar-refractivity contribution < 1.29 is 24.5 Å². The molecule has 1 unspecified atom stereocenters. The molecular weight excluding hydrogens is 224 g/mol. The molecule has 0 aromatic heterocycles. The number of rotatable bonds is 5. The van der Waals surface area contributed by atoms with Crippen LogP contribution in [0.3, 0.4) is 0 Å². The molecule has 1 aliphatic rings. The fraction of sp³-hybridized carbons (Fsp3) is 0.500. The maximum atomic E-state index is 11.0. The number of carboxylic acids is 2. The van der Waals surface area contributed by atoms with Gasteiger partial charge >= 0.3 is 11.9 Å². The van der Waals surface area contributed by atoms with Gasteiger partial charge in [0.25, 0.3) is 0 Å². The van der Waals surface area contributed by atoms with E-state index in [1.54, 1.807) is 6.92 Å². The lowest BCUT2D eigenvalue weighted by Crippen LogP contribution is -2.08. The molecule has 1 heterocycles. The molecule has 1 saturated heterocycles. The highest BCUT2D eigenvalue weighted by atomic mass is 16.6. The van der Waals surface area contributed by atoms with Crippen molar-refractivity contribution in [1.29, 1.82) is 0 Å². The summed E-state index contributed by atoms with van der Waals surface area (Å²) in [4.78, 5) is 21.9. The summed E-state index contributed by atoms with van der Waals surface area (Å²) in [7, 11) is 0. The number of carbonyl (C=O) groups is 2. The van der Waals surface area contributed by atoms with Gasteiger partial charge in [0.1, 0.15) is 0 Å². The number of hydrogen-bond acceptors (Lipinski definition) is 3. The Morgan fingerprint density at radius 2 is 1.53 bits per heavy atom. The highest BCUT2D eigenvalue weighted by Crippen LogP contribution is 2.28. The molecule has 0 radical (unpaired) electrons. The Balaban J connectivity index is 3.14. The maximum Gasteiger partial charge on any atom is 0.331 e. The van der Waals surface area contributed by atoms with Gasteiger partial charge in [-0.2, -0.15) is 0 Å². The standard InChI is InChI=1S/C12H16O5/c1-6(7(2)11(13)14)10(4-9-5-17-9)8(3)12(15)16/h9H,4-5H2,1-3H3,(H,13,14)(H,15,16). The van der Waals surface area contributed by atoms with Gasteiger partial charge in [-0.3, -0.25) is 0 Å². The second kappa shape index (κ2) is 5.14. The molecule has 0 bridgehead atoms. The molecule has 0 aromatic rings. The molecule has 5 heteroatoms. The van der Waals surface area contributed by atoms with Crippen LogP contribution in [0.5, 0.6) is 0 Å². The average molecular weight is 240 g/mol. The molecule has 0 amide bonds. The molecule has 1 atom stereocenters. The summed E-state index contributed by atoms with van der Waals surface area (Å²) in [6.07, 6.45) is 0.477. The minimum atomic E-state index is -1.03. The van der Waals surface area contributed by atoms with Crippen molar-refractivity contribution in [3.8, 4) is 0 Å². The molecule has 1 fully saturated rings. The number of aliphatic carboxylic acids is 2. The van der Waals surface area contributed by atoms with Crippen molar-refractivity contribution in [1.82, 2.24) is 0 Å². The molecule has 0 aromatic carbocycles. The van der Waals surface area contributed by atoms with Crippen molar-refractivity contribution in [3.63, 3.8) is 0 Å². The molecule has 2 N–H and O–H groups in total. The van der Waals surface area contributed by atoms with E-state index in [2.05, 4.69) is 0 Å². The number of epoxide rings is 1. The van der Waals surface area contributed by atoms with Crippen LogP contribution in [0.1, 0.15) is 27.2 Å². The Labute approximate surface area is 99.4 Å². The fourth-order valence-electron chi connectivity index (χ4n) is 1.52. The first-order valence-electron chi connectivity index (χ1n) is 5.30. The second-order valence-electron chi connectivity index (χ2n) is 4.12. The lowest BCUT2D eigenvalue weighted by atomic mass is 9.94. The quantitative estimate of drug-likeness (QED) is 0.433. The van der Waals surface area contributed by atoms with Gasteiger partial charge in [0.05, 0.1) is 12.7 Å². The Hall–Kier alpha value is -1.62. The Bertz CT molecular complexity index is 413. The van der Waals surface area contributed by atoms with Crippen molar-refractivity contribution in [2.45, 2.75) is 33.3 Å². The first-order valence-corrected chi connectivity index (χ1v) is 5.30. The summed E-state index contributed by atoms with van der Waals surface area (Å²) >= 11 is 0. The lowest BCUT2D eigenvalue weighted by molar-refractivity contribution is -0.133. The average Bonchev–Trinajstić information content (AvgIpc) is 3.06. The van der Waals surface area contributed by atoms with Crippen LogP contribution in [-0.4, -0.2) is 34.9 Å². The van der Waals surface area contributed by atoms with E-state index >= 15 is 0 Å². The third kappa shape index (κ3) is 3.42. The Morgan fingerprint density at radius 3 is 1.88 bits per heavy atom. The van der Waals surface area contributed by atoms with E-state index in [1.165, 1.54) is 13.8 Å². The van der Waals surface area contributed by atoms with Crippen LogP contribution < -0.4 is 0 Å². The van der Waals surface area contributed by atoms with Gasteiger partial charge < -0.3 is 14.9 Å². The first-order chi connectivity index (χ1) is 7.84. The zero-order chi connectivity index (χ0) is 13.2. The summed E-state index contributed by atoms with van der Waals surface area (Å²) in [6.45, 7) is 5.20. The van der Waals surface area contributed by atoms with Gasteiger partial charge in [-0.1, -0.05) is 0 Å². The van der Waals surface area contributed by atoms with Crippen molar-refractivity contribution >= 4 is 11.9 Å². The van der Waals surface area contributed by atoms with E-state index < -0.39 is 11.9 Å². The highest BCUT2D eigenvalue weighted by molar-refractivity contribution is 5.91. The van der Waals surface area contributed by atoms with Crippen LogP contribution in [0.4, 0.5) is 0 Å². The first kappa shape index (κ1) is 13.4. The fourth-order valence-corrected chi connectivity index (χ4v) is 1.52. The number of hydrogen-bond donors (Lipinski definition) is 2. The third-order valence-corrected chi connectivity index (χ3v) is 2.94. The van der Waals surface area contributed by atoms with Crippen LogP contribution >= 0.6 is 0 Å². The summed E-state index contributed by atoms with van der Waals surface area (Å²) in [5, 5.41) is 17.9. The number of ether oxygens (including phenoxy) is 1. The molecule has 5 nitrogen and oxygen atoms in total. The minimum absolute atomic E-state index is 0.0239. The predicted molar refractivity (Wildman–Crippen MR) is 60.7 cm³/mol. The highest BCUT2D eigenvalue weighted by Gasteiger charge is 2.27. The van der Waals surface area contributed by atoms with Crippen molar-refractivity contribution in [2.75, 3.05) is 6.61 Å². The third-order valence-electron chi connectivity index (χ3n) is 2.94. The van der Waals surface area contributed by atoms with E-state index in [4.69, 9.17) is 14.9 Å². The zero-order valence-corrected chi connectivity index (χ0v) is 10.1. The van der Waals surface area contributed by atoms with E-state index in [0.717, 1.165) is 0 Å². The zero-order valence-electron chi connectivity index (χ0n) is 10.1. The van der Waals surface area contributed by atoms with Crippen molar-refractivity contribution in [2.24, 2.45) is 0 Å². The van der Waals surface area contributed by atoms with Gasteiger partial charge in [0.15, 0.2) is 0 Å². The van der Waals surface area contributed by atoms with Crippen LogP contribution in [0.15, 0.2) is 22.3 Å². The summed E-state index contributed by atoms with van der Waals surface area (Å²) in [5.41, 5.74) is 1.41. The summed E-state index contributed by atoms with van der Waals surface area (Å²) in [5.74, 6) is -2.06. The molecule has 0 saturated carbocycles. The molecule has 94 valence electrons. The SMILES string of the molecule is CC(C(=O)O)=C(C)C(CC1CO1)=C(C)C(=O)O. The molecular formula is C12H16O5. The topological polar surface area (TPSA) is 87.1 Å². The predicted octanol–water partition coefficient (Wildman–Crippen LogP) is 1.60. The molecule has 0 aliphatic carbocycles. The van der Waals surface area contributed by atoms with Crippen LogP contribution in [0.2, 0.25) is 0 Å². The summed E-state index contributed by atoms with van der Waals surface area (Å²) in [6, 6.07) is 0. The largest absolute Gasteiger partial charge is 0.478 e. The molecule has 1 aliphatic heterocycles. The van der Waals surface area contributed by atoms with E-state index in [1.807, 2.05) is 0 Å². The van der Waals surface area contributed by atoms with Gasteiger partial charge in [-0.25, -0.2) is 9.59 Å². The van der Waals surface area contributed by atoms with E-state index in [0.29, 0.717) is 24.2 Å². The smallest absolute Gasteiger partial charge is 0.331 e. The van der Waals surface area contributed by atoms with Crippen LogP contribution in [-0.2, 0) is 14.3 Å². The molecule has 17 heavy (non-hydrogen) atoms. The molecule has 0 spiro atoms. The van der Waals surface area contributed by atoms with Crippen LogP contribution in [0, 0.1) is 0 Å². The normalized spacial score (nSPS) is 21.5. The summed E-state index contributed by atoms with van der Waals surface area (Å²) < 4.78 is 5.06. The Kier molecular flexibility index (Phi) is 4.07. The maximum absolute atomic E-state index is 11.0. The monoisotopic (exact) mass is 240 g/mol.